The van der Waals surface area contributed by atoms with Crippen LogP contribution in [0.1, 0.15) is 38.6 Å². The number of aromatic nitrogens is 3. The first kappa shape index (κ1) is 21.1. The lowest BCUT2D eigenvalue weighted by Crippen LogP contribution is -2.49. The van der Waals surface area contributed by atoms with Crippen LogP contribution in [0.4, 0.5) is 0 Å². The van der Waals surface area contributed by atoms with Crippen LogP contribution in [0.25, 0.3) is 0 Å². The summed E-state index contributed by atoms with van der Waals surface area (Å²) >= 11 is 0. The van der Waals surface area contributed by atoms with E-state index in [9.17, 15) is 0 Å². The van der Waals surface area contributed by atoms with Crippen molar-refractivity contribution in [2.75, 3.05) is 26.7 Å². The Kier molecular flexibility index (Phi) is 7.49. The molecular weight excluding hydrogens is 364 g/mol. The molecule has 7 nitrogen and oxygen atoms in total. The van der Waals surface area contributed by atoms with Crippen molar-refractivity contribution in [3.05, 3.63) is 42.0 Å². The van der Waals surface area contributed by atoms with Crippen molar-refractivity contribution in [2.24, 2.45) is 16.8 Å². The molecule has 3 rings (SSSR count). The number of hydrogen-bond donors (Lipinski definition) is 1. The summed E-state index contributed by atoms with van der Waals surface area (Å²) < 4.78 is 7.36. The van der Waals surface area contributed by atoms with Gasteiger partial charge < -0.3 is 19.5 Å². The van der Waals surface area contributed by atoms with E-state index < -0.39 is 0 Å². The summed E-state index contributed by atoms with van der Waals surface area (Å²) in [5.74, 6) is 4.23. The van der Waals surface area contributed by atoms with Crippen molar-refractivity contribution >= 4 is 5.96 Å². The van der Waals surface area contributed by atoms with E-state index in [1.165, 1.54) is 12.0 Å². The molecule has 0 saturated carbocycles. The zero-order chi connectivity index (χ0) is 20.6. The summed E-state index contributed by atoms with van der Waals surface area (Å²) in [7, 11) is 1.69. The first-order valence-electron chi connectivity index (χ1n) is 10.6. The fourth-order valence-electron chi connectivity index (χ4n) is 4.03. The smallest absolute Gasteiger partial charge is 0.194 e. The van der Waals surface area contributed by atoms with Crippen LogP contribution in [0, 0.1) is 11.8 Å². The normalized spacial score (nSPS) is 20.0. The third kappa shape index (κ3) is 5.95. The number of benzene rings is 1. The van der Waals surface area contributed by atoms with Gasteiger partial charge in [-0.1, -0.05) is 32.9 Å². The number of aliphatic imine (C=N–C) groups is 1. The lowest BCUT2D eigenvalue weighted by molar-refractivity contribution is 0.208. The summed E-state index contributed by atoms with van der Waals surface area (Å²) in [6.45, 7) is 11.1. The largest absolute Gasteiger partial charge is 0.497 e. The number of nitrogens with zero attached hydrogens (tertiary/aromatic N) is 5. The number of nitrogens with one attached hydrogen (secondary N) is 1. The molecule has 7 heteroatoms. The van der Waals surface area contributed by atoms with Crippen LogP contribution < -0.4 is 10.1 Å². The fraction of sp³-hybridized carbons (Fsp3) is 0.591. The molecule has 0 aliphatic carbocycles. The third-order valence-corrected chi connectivity index (χ3v) is 5.39. The number of hydrogen-bond acceptors (Lipinski definition) is 4. The second kappa shape index (κ2) is 10.3. The number of ether oxygens (including phenoxy) is 1. The molecule has 1 saturated heterocycles. The highest BCUT2D eigenvalue weighted by atomic mass is 16.5. The number of rotatable bonds is 7. The van der Waals surface area contributed by atoms with Crippen LogP contribution in [-0.4, -0.2) is 52.4 Å². The lowest BCUT2D eigenvalue weighted by Gasteiger charge is -2.37. The molecule has 1 fully saturated rings. The van der Waals surface area contributed by atoms with Crippen molar-refractivity contribution < 1.29 is 4.74 Å². The Hall–Kier alpha value is -2.57. The second-order valence-corrected chi connectivity index (χ2v) is 8.06. The molecule has 1 aromatic carbocycles. The molecule has 158 valence electrons. The second-order valence-electron chi connectivity index (χ2n) is 8.06. The van der Waals surface area contributed by atoms with Crippen molar-refractivity contribution in [3.8, 4) is 5.75 Å². The quantitative estimate of drug-likeness (QED) is 0.574. The van der Waals surface area contributed by atoms with Gasteiger partial charge in [0.1, 0.15) is 17.9 Å². The van der Waals surface area contributed by atoms with E-state index in [1.807, 2.05) is 12.1 Å². The van der Waals surface area contributed by atoms with Crippen molar-refractivity contribution in [3.63, 3.8) is 0 Å². The molecule has 1 aliphatic heterocycles. The Morgan fingerprint density at radius 2 is 1.93 bits per heavy atom. The fourth-order valence-corrected chi connectivity index (χ4v) is 4.03. The maximum atomic E-state index is 5.25. The minimum absolute atomic E-state index is 0.651. The van der Waals surface area contributed by atoms with Gasteiger partial charge in [-0.2, -0.15) is 0 Å². The van der Waals surface area contributed by atoms with Crippen LogP contribution in [0.5, 0.6) is 5.75 Å². The standard InChI is InChI=1S/C22H34N6O/c1-5-21-26-25-16-27(21)11-10-23-22(28-14-17(2)12-18(3)15-28)24-13-19-6-8-20(29-4)9-7-19/h6-9,16-18H,5,10-15H2,1-4H3,(H,23,24). The Balaban J connectivity index is 1.68. The maximum absolute atomic E-state index is 5.25. The highest BCUT2D eigenvalue weighted by molar-refractivity contribution is 5.80. The number of likely N-dealkylation sites (tertiary alicyclic amines) is 1. The van der Waals surface area contributed by atoms with Crippen LogP contribution >= 0.6 is 0 Å². The Morgan fingerprint density at radius 3 is 2.59 bits per heavy atom. The van der Waals surface area contributed by atoms with E-state index in [-0.39, 0.29) is 0 Å². The molecular formula is C22H34N6O. The molecule has 2 aromatic rings. The molecule has 1 N–H and O–H groups in total. The third-order valence-electron chi connectivity index (χ3n) is 5.39. The maximum Gasteiger partial charge on any atom is 0.194 e. The highest BCUT2D eigenvalue weighted by Gasteiger charge is 2.24. The van der Waals surface area contributed by atoms with Gasteiger partial charge in [-0.15, -0.1) is 10.2 Å². The van der Waals surface area contributed by atoms with Gasteiger partial charge in [0.05, 0.1) is 13.7 Å². The minimum atomic E-state index is 0.651. The van der Waals surface area contributed by atoms with Crippen LogP contribution in [-0.2, 0) is 19.5 Å². The number of piperidine rings is 1. The van der Waals surface area contributed by atoms with Crippen molar-refractivity contribution in [2.45, 2.75) is 46.7 Å². The average Bonchev–Trinajstić information content (AvgIpc) is 3.17. The van der Waals surface area contributed by atoms with Gasteiger partial charge in [0, 0.05) is 32.6 Å². The number of methoxy groups -OCH3 is 1. The SMILES string of the molecule is CCc1nncn1CCNC(=NCc1ccc(OC)cc1)N1CC(C)CC(C)C1. The molecule has 2 unspecified atom stereocenters. The minimum Gasteiger partial charge on any atom is -0.497 e. The lowest BCUT2D eigenvalue weighted by atomic mass is 9.92. The average molecular weight is 399 g/mol. The molecule has 2 heterocycles. The Bertz CT molecular complexity index is 775. The highest BCUT2D eigenvalue weighted by Crippen LogP contribution is 2.21. The van der Waals surface area contributed by atoms with Gasteiger partial charge in [-0.3, -0.25) is 0 Å². The van der Waals surface area contributed by atoms with E-state index in [2.05, 4.69) is 57.9 Å². The summed E-state index contributed by atoms with van der Waals surface area (Å²) in [6, 6.07) is 8.13. The van der Waals surface area contributed by atoms with Gasteiger partial charge in [-0.05, 0) is 36.0 Å². The molecule has 0 amide bonds. The van der Waals surface area contributed by atoms with E-state index in [1.54, 1.807) is 13.4 Å². The molecule has 0 spiro atoms. The van der Waals surface area contributed by atoms with Gasteiger partial charge >= 0.3 is 0 Å². The van der Waals surface area contributed by atoms with Gasteiger partial charge in [0.25, 0.3) is 0 Å². The monoisotopic (exact) mass is 398 g/mol. The first-order valence-corrected chi connectivity index (χ1v) is 10.6. The van der Waals surface area contributed by atoms with Gasteiger partial charge in [-0.25, -0.2) is 4.99 Å². The molecule has 0 radical (unpaired) electrons. The summed E-state index contributed by atoms with van der Waals surface area (Å²) in [6.07, 6.45) is 3.97. The molecule has 2 atom stereocenters. The predicted molar refractivity (Wildman–Crippen MR) is 116 cm³/mol. The van der Waals surface area contributed by atoms with Crippen LogP contribution in [0.15, 0.2) is 35.6 Å². The summed E-state index contributed by atoms with van der Waals surface area (Å²) in [5, 5.41) is 11.8. The Morgan fingerprint density at radius 1 is 1.21 bits per heavy atom. The molecule has 1 aliphatic rings. The van der Waals surface area contributed by atoms with E-state index in [4.69, 9.17) is 9.73 Å². The van der Waals surface area contributed by atoms with Crippen LogP contribution in [0.3, 0.4) is 0 Å². The Labute approximate surface area is 174 Å². The topological polar surface area (TPSA) is 67.6 Å². The molecule has 1 aromatic heterocycles. The summed E-state index contributed by atoms with van der Waals surface area (Å²) in [4.78, 5) is 7.37. The number of aryl methyl sites for hydroxylation is 1. The zero-order valence-corrected chi connectivity index (χ0v) is 18.1. The van der Waals surface area contributed by atoms with Gasteiger partial charge in [0.2, 0.25) is 0 Å². The zero-order valence-electron chi connectivity index (χ0n) is 18.1. The first-order chi connectivity index (χ1) is 14.1. The van der Waals surface area contributed by atoms with Crippen molar-refractivity contribution in [1.82, 2.24) is 25.0 Å². The van der Waals surface area contributed by atoms with E-state index >= 15 is 0 Å². The molecule has 29 heavy (non-hydrogen) atoms. The van der Waals surface area contributed by atoms with E-state index in [0.29, 0.717) is 18.4 Å². The van der Waals surface area contributed by atoms with Crippen LogP contribution in [0.2, 0.25) is 0 Å². The van der Waals surface area contributed by atoms with Crippen molar-refractivity contribution in [1.29, 1.82) is 0 Å². The molecule has 0 bridgehead atoms. The van der Waals surface area contributed by atoms with E-state index in [0.717, 1.165) is 50.1 Å². The number of guanidine groups is 1. The predicted octanol–water partition coefficient (Wildman–Crippen LogP) is 2.97. The summed E-state index contributed by atoms with van der Waals surface area (Å²) in [5.41, 5.74) is 1.18. The van der Waals surface area contributed by atoms with Gasteiger partial charge in [0.15, 0.2) is 5.96 Å².